The minimum atomic E-state index is -1.47. The first-order valence-electron chi connectivity index (χ1n) is 17.1. The summed E-state index contributed by atoms with van der Waals surface area (Å²) < 4.78 is 39.9. The van der Waals surface area contributed by atoms with E-state index in [9.17, 15) is 33.9 Å². The number of ether oxygens (including phenoxy) is 7. The van der Waals surface area contributed by atoms with Gasteiger partial charge in [0.25, 0.3) is 0 Å². The number of H-pyrrole nitrogens is 1. The molecule has 1 aromatic carbocycles. The van der Waals surface area contributed by atoms with Crippen molar-refractivity contribution in [2.45, 2.75) is 124 Å². The normalized spacial score (nSPS) is 19.8. The minimum absolute atomic E-state index is 0.0357. The Morgan fingerprint density at radius 3 is 2.13 bits per heavy atom. The summed E-state index contributed by atoms with van der Waals surface area (Å²) in [6, 6.07) is 5.51. The first kappa shape index (κ1) is 42.2. The zero-order valence-corrected chi connectivity index (χ0v) is 31.4. The Labute approximate surface area is 307 Å². The highest BCUT2D eigenvalue weighted by Crippen LogP contribution is 2.35. The van der Waals surface area contributed by atoms with Crippen LogP contribution in [-0.2, 0) is 58.9 Å². The number of aromatic amines is 1. The summed E-state index contributed by atoms with van der Waals surface area (Å²) in [6.45, 7) is 13.0. The lowest BCUT2D eigenvalue weighted by Gasteiger charge is -2.43. The predicted octanol–water partition coefficient (Wildman–Crippen LogP) is 3.03. The van der Waals surface area contributed by atoms with E-state index in [1.54, 1.807) is 6.07 Å². The molecule has 17 heteroatoms. The highest BCUT2D eigenvalue weighted by molar-refractivity contribution is 5.86. The molecule has 1 saturated heterocycles. The van der Waals surface area contributed by atoms with Crippen molar-refractivity contribution in [1.82, 2.24) is 15.5 Å². The number of amides is 1. The van der Waals surface area contributed by atoms with Crippen molar-refractivity contribution in [2.24, 2.45) is 0 Å². The number of hydrogen-bond acceptors (Lipinski definition) is 14. The Hall–Kier alpha value is -5.19. The second-order valence-electron chi connectivity index (χ2n) is 13.5. The van der Waals surface area contributed by atoms with Crippen LogP contribution in [0.2, 0.25) is 0 Å². The number of benzene rings is 1. The fourth-order valence-electron chi connectivity index (χ4n) is 5.53. The summed E-state index contributed by atoms with van der Waals surface area (Å²) in [5, 5.41) is 19.1. The molecule has 0 saturated carbocycles. The van der Waals surface area contributed by atoms with Gasteiger partial charge < -0.3 is 43.6 Å². The molecular formula is C36H49N3O14. The number of carboxylic acids is 1. The average molecular weight is 748 g/mol. The number of esters is 4. The van der Waals surface area contributed by atoms with Gasteiger partial charge in [-0.25, -0.2) is 4.79 Å². The third-order valence-corrected chi connectivity index (χ3v) is 8.10. The van der Waals surface area contributed by atoms with Crippen LogP contribution < -0.4 is 14.8 Å². The zero-order chi connectivity index (χ0) is 39.6. The van der Waals surface area contributed by atoms with Gasteiger partial charge in [-0.1, -0.05) is 19.9 Å². The van der Waals surface area contributed by atoms with Crippen molar-refractivity contribution in [1.29, 1.82) is 0 Å². The zero-order valence-electron chi connectivity index (χ0n) is 31.4. The molecule has 0 unspecified atom stereocenters. The van der Waals surface area contributed by atoms with E-state index in [0.29, 0.717) is 24.2 Å². The molecule has 0 bridgehead atoms. The average Bonchev–Trinajstić information content (AvgIpc) is 3.43. The number of nitrogens with one attached hydrogen (secondary N) is 2. The molecule has 292 valence electrons. The lowest BCUT2D eigenvalue weighted by molar-refractivity contribution is -0.289. The molecule has 5 atom stereocenters. The van der Waals surface area contributed by atoms with Crippen LogP contribution in [-0.4, -0.2) is 101 Å². The van der Waals surface area contributed by atoms with Gasteiger partial charge >= 0.3 is 29.8 Å². The fourth-order valence-corrected chi connectivity index (χ4v) is 5.53. The number of rotatable bonds is 17. The number of carboxylic acid groups (broad SMARTS) is 1. The van der Waals surface area contributed by atoms with Crippen LogP contribution in [0.25, 0.3) is 0 Å². The van der Waals surface area contributed by atoms with Crippen molar-refractivity contribution < 1.29 is 67.0 Å². The van der Waals surface area contributed by atoms with Crippen LogP contribution >= 0.6 is 0 Å². The molecule has 1 fully saturated rings. The molecule has 3 rings (SSSR count). The molecule has 1 amide bonds. The molecule has 2 heterocycles. The minimum Gasteiger partial charge on any atom is -0.494 e. The van der Waals surface area contributed by atoms with Crippen LogP contribution in [0.15, 0.2) is 18.2 Å². The number of carbonyl (C=O) groups is 6. The van der Waals surface area contributed by atoms with E-state index in [1.165, 1.54) is 20.8 Å². The third-order valence-electron chi connectivity index (χ3n) is 8.10. The summed E-state index contributed by atoms with van der Waals surface area (Å²) in [5.41, 5.74) is 1.79. The number of aliphatic carboxylic acids is 1. The number of nitrogens with zero attached hydrogens (tertiary/aromatic N) is 1. The number of aryl methyl sites for hydroxylation is 1. The molecular weight excluding hydrogens is 698 g/mol. The van der Waals surface area contributed by atoms with Crippen LogP contribution in [0, 0.1) is 6.92 Å². The molecule has 53 heavy (non-hydrogen) atoms. The Bertz CT molecular complexity index is 1650. The van der Waals surface area contributed by atoms with Gasteiger partial charge in [-0.2, -0.15) is 0 Å². The van der Waals surface area contributed by atoms with E-state index in [-0.39, 0.29) is 24.8 Å². The lowest BCUT2D eigenvalue weighted by atomic mass is 9.96. The maximum atomic E-state index is 12.3. The van der Waals surface area contributed by atoms with Gasteiger partial charge in [-0.15, -0.1) is 5.10 Å². The molecule has 17 nitrogen and oxygen atoms in total. The quantitative estimate of drug-likeness (QED) is 0.120. The number of carbonyl (C=O) groups excluding carboxylic acids is 5. The van der Waals surface area contributed by atoms with Gasteiger partial charge in [0.15, 0.2) is 12.2 Å². The SMILES string of the molecule is CC(=O)OC[C@H]1O[C@@H](Oc2n[nH]c(C(C)C)c2Cc2ccc(OCCCC(=O)NC(C)(C)C(=O)O)cc2C)[C@H](OC(C)=O)[C@@H](OC(C)=O)[C@@H]1OC(C)=O. The van der Waals surface area contributed by atoms with E-state index < -0.39 is 78.6 Å². The van der Waals surface area contributed by atoms with Crippen molar-refractivity contribution in [3.63, 3.8) is 0 Å². The second-order valence-corrected chi connectivity index (χ2v) is 13.5. The maximum Gasteiger partial charge on any atom is 0.328 e. The standard InChI is InChI=1S/C36H49N3O14/c1-18(2)29-26(16-24-12-13-25(15-19(24)3)47-14-10-11-28(44)37-36(8,9)35(45)46)33(39-38-29)53-34-32(51-23(7)43)31(50-22(6)42)30(49-21(5)41)27(52-34)17-48-20(4)40/h12-13,15,18,27,30-32,34H,10-11,14,16-17H2,1-9H3,(H,37,44)(H,38,39)(H,45,46)/t27-,30-,31+,32-,34+/m1/s1. The highest BCUT2D eigenvalue weighted by atomic mass is 16.7. The molecule has 1 aromatic heterocycles. The van der Waals surface area contributed by atoms with Crippen molar-refractivity contribution in [3.8, 4) is 11.6 Å². The summed E-state index contributed by atoms with van der Waals surface area (Å²) in [5.74, 6) is -3.83. The topological polar surface area (TPSA) is 228 Å². The van der Waals surface area contributed by atoms with Gasteiger partial charge in [-0.05, 0) is 56.4 Å². The van der Waals surface area contributed by atoms with E-state index >= 15 is 0 Å². The van der Waals surface area contributed by atoms with Gasteiger partial charge in [0.05, 0.1) is 6.61 Å². The molecule has 0 radical (unpaired) electrons. The van der Waals surface area contributed by atoms with Crippen LogP contribution in [0.1, 0.15) is 96.5 Å². The van der Waals surface area contributed by atoms with E-state index in [1.807, 2.05) is 32.9 Å². The van der Waals surface area contributed by atoms with Crippen molar-refractivity contribution in [2.75, 3.05) is 13.2 Å². The van der Waals surface area contributed by atoms with E-state index in [4.69, 9.17) is 33.2 Å². The van der Waals surface area contributed by atoms with Crippen LogP contribution in [0.3, 0.4) is 0 Å². The Kier molecular flexibility index (Phi) is 14.8. The van der Waals surface area contributed by atoms with Gasteiger partial charge in [-0.3, -0.25) is 29.1 Å². The third kappa shape index (κ3) is 12.2. The maximum absolute atomic E-state index is 12.3. The van der Waals surface area contributed by atoms with E-state index in [2.05, 4.69) is 15.5 Å². The smallest absolute Gasteiger partial charge is 0.328 e. The van der Waals surface area contributed by atoms with E-state index in [0.717, 1.165) is 37.6 Å². The summed E-state index contributed by atoms with van der Waals surface area (Å²) >= 11 is 0. The fraction of sp³-hybridized carbons (Fsp3) is 0.583. The predicted molar refractivity (Wildman–Crippen MR) is 184 cm³/mol. The lowest BCUT2D eigenvalue weighted by Crippen LogP contribution is -2.63. The summed E-state index contributed by atoms with van der Waals surface area (Å²) in [4.78, 5) is 71.8. The van der Waals surface area contributed by atoms with Crippen molar-refractivity contribution in [3.05, 3.63) is 40.6 Å². The second kappa shape index (κ2) is 18.5. The first-order valence-corrected chi connectivity index (χ1v) is 17.1. The molecule has 0 spiro atoms. The van der Waals surface area contributed by atoms with Crippen LogP contribution in [0.5, 0.6) is 11.6 Å². The summed E-state index contributed by atoms with van der Waals surface area (Å²) in [6.07, 6.45) is -6.06. The van der Waals surface area contributed by atoms with Gasteiger partial charge in [0.2, 0.25) is 24.2 Å². The molecule has 0 aliphatic carbocycles. The van der Waals surface area contributed by atoms with Gasteiger partial charge in [0.1, 0.15) is 24.0 Å². The Morgan fingerprint density at radius 1 is 0.943 bits per heavy atom. The number of hydrogen-bond donors (Lipinski definition) is 3. The molecule has 3 N–H and O–H groups in total. The summed E-state index contributed by atoms with van der Waals surface area (Å²) in [7, 11) is 0. The monoisotopic (exact) mass is 747 g/mol. The highest BCUT2D eigenvalue weighted by Gasteiger charge is 2.53. The molecule has 2 aromatic rings. The molecule has 1 aliphatic rings. The largest absolute Gasteiger partial charge is 0.494 e. The van der Waals surface area contributed by atoms with Crippen molar-refractivity contribution >= 4 is 35.8 Å². The van der Waals surface area contributed by atoms with Crippen LogP contribution in [0.4, 0.5) is 0 Å². The first-order chi connectivity index (χ1) is 24.8. The van der Waals surface area contributed by atoms with Gasteiger partial charge in [0, 0.05) is 51.8 Å². The molecule has 1 aliphatic heterocycles. The Balaban J connectivity index is 1.86. The number of aromatic nitrogens is 2. The Morgan fingerprint density at radius 2 is 1.57 bits per heavy atom.